The van der Waals surface area contributed by atoms with Crippen LogP contribution in [0.4, 0.5) is 5.82 Å². The molecule has 0 aliphatic carbocycles. The summed E-state index contributed by atoms with van der Waals surface area (Å²) in [4.78, 5) is 9.16. The van der Waals surface area contributed by atoms with Crippen molar-refractivity contribution in [3.05, 3.63) is 30.3 Å². The molecule has 2 aromatic heterocycles. The highest BCUT2D eigenvalue weighted by atomic mass is 16.6. The van der Waals surface area contributed by atoms with Crippen LogP contribution in [0.1, 0.15) is 19.6 Å². The van der Waals surface area contributed by atoms with E-state index in [1.54, 1.807) is 0 Å². The first-order chi connectivity index (χ1) is 13.6. The number of anilines is 1. The normalized spacial score (nSPS) is 24.7. The number of hydrogen-bond donors (Lipinski definition) is 4. The molecule has 10 nitrogen and oxygen atoms in total. The molecule has 1 fully saturated rings. The van der Waals surface area contributed by atoms with E-state index in [1.165, 1.54) is 4.68 Å². The Hall–Kier alpha value is -2.66. The van der Waals surface area contributed by atoms with E-state index in [4.69, 9.17) is 4.74 Å². The Morgan fingerprint density at radius 3 is 2.61 bits per heavy atom. The number of fused-ring (bicyclic) bond motifs is 1. The molecule has 3 heterocycles. The average Bonchev–Trinajstić information content (AvgIpc) is 3.28. The molecule has 4 atom stereocenters. The molecule has 1 aliphatic heterocycles. The summed E-state index contributed by atoms with van der Waals surface area (Å²) in [5, 5.41) is 41.2. The highest BCUT2D eigenvalue weighted by molar-refractivity contribution is 5.84. The predicted octanol–water partition coefficient (Wildman–Crippen LogP) is 0.322. The summed E-state index contributed by atoms with van der Waals surface area (Å²) < 4.78 is 6.91. The zero-order valence-corrected chi connectivity index (χ0v) is 15.3. The lowest BCUT2D eigenvalue weighted by atomic mass is 10.1. The molecule has 0 saturated carbocycles. The van der Waals surface area contributed by atoms with Crippen LogP contribution in [0.2, 0.25) is 0 Å². The van der Waals surface area contributed by atoms with Crippen molar-refractivity contribution in [2.45, 2.75) is 37.9 Å². The highest BCUT2D eigenvalue weighted by Gasteiger charge is 2.44. The largest absolute Gasteiger partial charge is 0.394 e. The maximum Gasteiger partial charge on any atom is 0.187 e. The van der Waals surface area contributed by atoms with Crippen molar-refractivity contribution in [1.29, 1.82) is 0 Å². The van der Waals surface area contributed by atoms with Crippen LogP contribution < -0.4 is 5.32 Å². The SMILES string of the molecule is CCCNc1nc(-c2ccccc2)nc2c1nnn2[C@@H]1O[C@H](CO)[C@@H](O)[C@H]1O. The van der Waals surface area contributed by atoms with Gasteiger partial charge in [0.15, 0.2) is 29.0 Å². The van der Waals surface area contributed by atoms with Gasteiger partial charge in [-0.05, 0) is 6.42 Å². The second kappa shape index (κ2) is 7.76. The van der Waals surface area contributed by atoms with Crippen molar-refractivity contribution >= 4 is 17.0 Å². The van der Waals surface area contributed by atoms with E-state index in [0.717, 1.165) is 12.0 Å². The van der Waals surface area contributed by atoms with Gasteiger partial charge < -0.3 is 25.4 Å². The molecule has 4 rings (SSSR count). The van der Waals surface area contributed by atoms with E-state index in [0.29, 0.717) is 29.4 Å². The summed E-state index contributed by atoms with van der Waals surface area (Å²) in [7, 11) is 0. The van der Waals surface area contributed by atoms with Gasteiger partial charge >= 0.3 is 0 Å². The lowest BCUT2D eigenvalue weighted by Crippen LogP contribution is -2.33. The molecule has 1 saturated heterocycles. The molecule has 28 heavy (non-hydrogen) atoms. The molecule has 148 valence electrons. The smallest absolute Gasteiger partial charge is 0.187 e. The summed E-state index contributed by atoms with van der Waals surface area (Å²) in [5.74, 6) is 1.01. The van der Waals surface area contributed by atoms with Crippen LogP contribution in [0, 0.1) is 0 Å². The Labute approximate surface area is 160 Å². The molecule has 4 N–H and O–H groups in total. The summed E-state index contributed by atoms with van der Waals surface area (Å²) in [6.07, 6.45) is -3.54. The standard InChI is InChI=1S/C18H22N6O4/c1-2-8-19-16-12-17(21-15(20-16)10-6-4-3-5-7-10)24(23-22-12)18-14(27)13(26)11(9-25)28-18/h3-7,11,13-14,18,25-27H,2,8-9H2,1H3,(H,19,20,21)/t11-,13-,14-,18-/m1/s1. The minimum Gasteiger partial charge on any atom is -0.394 e. The number of hydrogen-bond acceptors (Lipinski definition) is 9. The highest BCUT2D eigenvalue weighted by Crippen LogP contribution is 2.32. The van der Waals surface area contributed by atoms with Gasteiger partial charge in [0.1, 0.15) is 18.3 Å². The third-order valence-electron chi connectivity index (χ3n) is 4.66. The van der Waals surface area contributed by atoms with Gasteiger partial charge in [-0.3, -0.25) is 0 Å². The van der Waals surface area contributed by atoms with Crippen LogP contribution in [0.3, 0.4) is 0 Å². The first kappa shape index (κ1) is 18.7. The number of ether oxygens (including phenoxy) is 1. The van der Waals surface area contributed by atoms with Crippen LogP contribution in [0.5, 0.6) is 0 Å². The van der Waals surface area contributed by atoms with Gasteiger partial charge in [-0.1, -0.05) is 42.5 Å². The number of nitrogens with zero attached hydrogens (tertiary/aromatic N) is 5. The average molecular weight is 386 g/mol. The van der Waals surface area contributed by atoms with Crippen LogP contribution >= 0.6 is 0 Å². The Morgan fingerprint density at radius 2 is 1.93 bits per heavy atom. The number of rotatable bonds is 6. The summed E-state index contributed by atoms with van der Waals surface area (Å²) in [6, 6.07) is 9.48. The fourth-order valence-corrected chi connectivity index (χ4v) is 3.17. The minimum absolute atomic E-state index is 0.363. The minimum atomic E-state index is -1.27. The quantitative estimate of drug-likeness (QED) is 0.472. The molecule has 1 aliphatic rings. The van der Waals surface area contributed by atoms with Crippen molar-refractivity contribution < 1.29 is 20.1 Å². The predicted molar refractivity (Wildman–Crippen MR) is 100 cm³/mol. The fraction of sp³-hybridized carbons (Fsp3) is 0.444. The summed E-state index contributed by atoms with van der Waals surface area (Å²) >= 11 is 0. The Kier molecular flexibility index (Phi) is 5.18. The molecule has 0 spiro atoms. The van der Waals surface area contributed by atoms with Crippen molar-refractivity contribution in [2.24, 2.45) is 0 Å². The molecule has 0 bridgehead atoms. The van der Waals surface area contributed by atoms with Crippen molar-refractivity contribution in [2.75, 3.05) is 18.5 Å². The van der Waals surface area contributed by atoms with Gasteiger partial charge in [0.25, 0.3) is 0 Å². The van der Waals surface area contributed by atoms with Crippen LogP contribution in [0.25, 0.3) is 22.6 Å². The Bertz CT molecular complexity index is 950. The van der Waals surface area contributed by atoms with Gasteiger partial charge in [0, 0.05) is 12.1 Å². The van der Waals surface area contributed by atoms with Gasteiger partial charge in [-0.15, -0.1) is 5.10 Å². The molecule has 0 unspecified atom stereocenters. The third kappa shape index (κ3) is 3.20. The zero-order valence-electron chi connectivity index (χ0n) is 15.3. The van der Waals surface area contributed by atoms with E-state index in [2.05, 4.69) is 25.6 Å². The van der Waals surface area contributed by atoms with Crippen LogP contribution in [0.15, 0.2) is 30.3 Å². The zero-order chi connectivity index (χ0) is 19.7. The first-order valence-corrected chi connectivity index (χ1v) is 9.18. The molecule has 0 radical (unpaired) electrons. The molecular formula is C18H22N6O4. The molecule has 3 aromatic rings. The van der Waals surface area contributed by atoms with Crippen LogP contribution in [-0.2, 0) is 4.74 Å². The number of aromatic nitrogens is 5. The van der Waals surface area contributed by atoms with E-state index in [-0.39, 0.29) is 0 Å². The number of aliphatic hydroxyl groups excluding tert-OH is 3. The van der Waals surface area contributed by atoms with Gasteiger partial charge in [0.05, 0.1) is 6.61 Å². The van der Waals surface area contributed by atoms with E-state index >= 15 is 0 Å². The monoisotopic (exact) mass is 386 g/mol. The number of benzene rings is 1. The maximum absolute atomic E-state index is 10.4. The lowest BCUT2D eigenvalue weighted by Gasteiger charge is -2.15. The second-order valence-electron chi connectivity index (χ2n) is 6.62. The molecule has 1 aromatic carbocycles. The molecular weight excluding hydrogens is 364 g/mol. The fourth-order valence-electron chi connectivity index (χ4n) is 3.17. The van der Waals surface area contributed by atoms with Gasteiger partial charge in [0.2, 0.25) is 0 Å². The second-order valence-corrected chi connectivity index (χ2v) is 6.62. The van der Waals surface area contributed by atoms with Crippen molar-refractivity contribution in [3.8, 4) is 11.4 Å². The number of aliphatic hydroxyl groups is 3. The lowest BCUT2D eigenvalue weighted by molar-refractivity contribution is -0.0574. The summed E-state index contributed by atoms with van der Waals surface area (Å²) in [6.45, 7) is 2.31. The van der Waals surface area contributed by atoms with Crippen molar-refractivity contribution in [1.82, 2.24) is 25.0 Å². The summed E-state index contributed by atoms with van der Waals surface area (Å²) in [5.41, 5.74) is 1.62. The van der Waals surface area contributed by atoms with E-state index in [9.17, 15) is 15.3 Å². The Morgan fingerprint density at radius 1 is 1.14 bits per heavy atom. The topological polar surface area (TPSA) is 138 Å². The van der Waals surface area contributed by atoms with E-state index in [1.807, 2.05) is 37.3 Å². The first-order valence-electron chi connectivity index (χ1n) is 9.18. The molecule has 0 amide bonds. The van der Waals surface area contributed by atoms with E-state index < -0.39 is 31.1 Å². The molecule has 10 heteroatoms. The Balaban J connectivity index is 1.83. The van der Waals surface area contributed by atoms with Gasteiger partial charge in [-0.25, -0.2) is 9.97 Å². The maximum atomic E-state index is 10.4. The third-order valence-corrected chi connectivity index (χ3v) is 4.66. The van der Waals surface area contributed by atoms with Gasteiger partial charge in [-0.2, -0.15) is 4.68 Å². The van der Waals surface area contributed by atoms with Crippen molar-refractivity contribution in [3.63, 3.8) is 0 Å². The van der Waals surface area contributed by atoms with Crippen LogP contribution in [-0.4, -0.2) is 71.7 Å². The number of nitrogens with one attached hydrogen (secondary N) is 1.